The van der Waals surface area contributed by atoms with E-state index >= 15 is 0 Å². The monoisotopic (exact) mass is 320 g/mol. The fourth-order valence-corrected chi connectivity index (χ4v) is 2.01. The molecule has 0 bridgehead atoms. The summed E-state index contributed by atoms with van der Waals surface area (Å²) in [5.41, 5.74) is 0.781. The Morgan fingerprint density at radius 2 is 2.05 bits per heavy atom. The summed E-state index contributed by atoms with van der Waals surface area (Å²) in [7, 11) is 1.53. The minimum absolute atomic E-state index is 0.223. The summed E-state index contributed by atoms with van der Waals surface area (Å²) in [6.45, 7) is 3.99. The van der Waals surface area contributed by atoms with Gasteiger partial charge in [0.25, 0.3) is 5.91 Å². The number of methoxy groups -OCH3 is 1. The Morgan fingerprint density at radius 1 is 1.27 bits per heavy atom. The summed E-state index contributed by atoms with van der Waals surface area (Å²) >= 11 is 6.02. The lowest BCUT2D eigenvalue weighted by molar-refractivity contribution is 0.102. The highest BCUT2D eigenvalue weighted by Crippen LogP contribution is 2.27. The molecule has 6 nitrogen and oxygen atoms in total. The van der Waals surface area contributed by atoms with Crippen molar-refractivity contribution in [1.82, 2.24) is 9.97 Å². The van der Waals surface area contributed by atoms with Gasteiger partial charge in [0.2, 0.25) is 0 Å². The number of carbonyl (C=O) groups is 1. The molecule has 1 heterocycles. The summed E-state index contributed by atoms with van der Waals surface area (Å²) in [5.74, 6) is 0.812. The molecule has 0 radical (unpaired) electrons. The highest BCUT2D eigenvalue weighted by atomic mass is 35.5. The molecule has 0 saturated carbocycles. The van der Waals surface area contributed by atoms with Crippen molar-refractivity contribution < 1.29 is 9.53 Å². The van der Waals surface area contributed by atoms with Crippen molar-refractivity contribution in [3.05, 3.63) is 41.3 Å². The van der Waals surface area contributed by atoms with Crippen molar-refractivity contribution in [3.63, 3.8) is 0 Å². The average molecular weight is 321 g/mol. The number of ether oxygens (including phenoxy) is 1. The predicted molar refractivity (Wildman–Crippen MR) is 86.7 cm³/mol. The van der Waals surface area contributed by atoms with Crippen molar-refractivity contribution in [1.29, 1.82) is 0 Å². The molecule has 0 aliphatic heterocycles. The highest BCUT2D eigenvalue weighted by Gasteiger charge is 2.10. The van der Waals surface area contributed by atoms with Gasteiger partial charge < -0.3 is 15.4 Å². The molecule has 0 aliphatic carbocycles. The summed E-state index contributed by atoms with van der Waals surface area (Å²) in [4.78, 5) is 20.3. The van der Waals surface area contributed by atoms with Crippen LogP contribution in [-0.4, -0.2) is 29.0 Å². The van der Waals surface area contributed by atoms with Crippen molar-refractivity contribution >= 4 is 29.0 Å². The van der Waals surface area contributed by atoms with E-state index < -0.39 is 0 Å². The number of benzene rings is 1. The first-order chi connectivity index (χ1) is 10.5. The lowest BCUT2D eigenvalue weighted by atomic mass is 10.3. The molecular weight excluding hydrogens is 304 g/mol. The number of hydrogen-bond acceptors (Lipinski definition) is 5. The molecule has 1 aromatic heterocycles. The van der Waals surface area contributed by atoms with E-state index in [-0.39, 0.29) is 17.6 Å². The van der Waals surface area contributed by atoms with Gasteiger partial charge in [-0.1, -0.05) is 11.6 Å². The fraction of sp³-hybridized carbons (Fsp3) is 0.267. The van der Waals surface area contributed by atoms with Crippen LogP contribution in [0.1, 0.15) is 24.3 Å². The van der Waals surface area contributed by atoms with Crippen molar-refractivity contribution in [3.8, 4) is 5.75 Å². The number of amides is 1. The van der Waals surface area contributed by atoms with Crippen LogP contribution in [-0.2, 0) is 0 Å². The number of nitrogens with one attached hydrogen (secondary N) is 2. The quantitative estimate of drug-likeness (QED) is 0.884. The lowest BCUT2D eigenvalue weighted by Gasteiger charge is -2.09. The van der Waals surface area contributed by atoms with Gasteiger partial charge in [-0.25, -0.2) is 9.97 Å². The third-order valence-corrected chi connectivity index (χ3v) is 3.03. The highest BCUT2D eigenvalue weighted by molar-refractivity contribution is 6.32. The van der Waals surface area contributed by atoms with Crippen LogP contribution in [0.3, 0.4) is 0 Å². The number of aromatic nitrogens is 2. The van der Waals surface area contributed by atoms with Crippen LogP contribution in [0.25, 0.3) is 0 Å². The van der Waals surface area contributed by atoms with E-state index in [1.54, 1.807) is 18.2 Å². The first kappa shape index (κ1) is 16.0. The zero-order valence-electron chi connectivity index (χ0n) is 12.6. The smallest absolute Gasteiger partial charge is 0.275 e. The largest absolute Gasteiger partial charge is 0.495 e. The van der Waals surface area contributed by atoms with Crippen LogP contribution >= 0.6 is 11.6 Å². The van der Waals surface area contributed by atoms with E-state index in [0.717, 1.165) is 0 Å². The van der Waals surface area contributed by atoms with Crippen molar-refractivity contribution in [2.75, 3.05) is 17.7 Å². The third kappa shape index (κ3) is 4.08. The van der Waals surface area contributed by atoms with Crippen molar-refractivity contribution in [2.24, 2.45) is 0 Å². The molecular formula is C15H17ClN4O2. The van der Waals surface area contributed by atoms with Crippen LogP contribution in [0.5, 0.6) is 5.75 Å². The zero-order valence-corrected chi connectivity index (χ0v) is 13.3. The van der Waals surface area contributed by atoms with E-state index in [1.165, 1.54) is 19.5 Å². The van der Waals surface area contributed by atoms with E-state index in [9.17, 15) is 4.79 Å². The van der Waals surface area contributed by atoms with Gasteiger partial charge in [-0.3, -0.25) is 4.79 Å². The van der Waals surface area contributed by atoms with E-state index in [2.05, 4.69) is 20.6 Å². The predicted octanol–water partition coefficient (Wildman–Crippen LogP) is 3.21. The molecule has 22 heavy (non-hydrogen) atoms. The SMILES string of the molecule is COc1ccc(NC(=O)c2cnc(NC(C)C)cn2)cc1Cl. The summed E-state index contributed by atoms with van der Waals surface area (Å²) in [5, 5.41) is 6.23. The van der Waals surface area contributed by atoms with Crippen LogP contribution in [0, 0.1) is 0 Å². The molecule has 1 aromatic carbocycles. The number of carbonyl (C=O) groups excluding carboxylic acids is 1. The second kappa shape index (κ2) is 7.09. The fourth-order valence-electron chi connectivity index (χ4n) is 1.75. The first-order valence-corrected chi connectivity index (χ1v) is 7.11. The molecule has 0 saturated heterocycles. The molecule has 2 N–H and O–H groups in total. The first-order valence-electron chi connectivity index (χ1n) is 6.73. The van der Waals surface area contributed by atoms with Gasteiger partial charge in [0, 0.05) is 11.7 Å². The van der Waals surface area contributed by atoms with Crippen LogP contribution < -0.4 is 15.4 Å². The van der Waals surface area contributed by atoms with Gasteiger partial charge in [-0.05, 0) is 32.0 Å². The second-order valence-electron chi connectivity index (χ2n) is 4.89. The van der Waals surface area contributed by atoms with Gasteiger partial charge in [-0.15, -0.1) is 0 Å². The summed E-state index contributed by atoms with van der Waals surface area (Å²) < 4.78 is 5.06. The van der Waals surface area contributed by atoms with Gasteiger partial charge in [0.15, 0.2) is 0 Å². The summed E-state index contributed by atoms with van der Waals surface area (Å²) in [6.07, 6.45) is 2.95. The lowest BCUT2D eigenvalue weighted by Crippen LogP contribution is -2.16. The van der Waals surface area contributed by atoms with Crippen LogP contribution in [0.15, 0.2) is 30.6 Å². The van der Waals surface area contributed by atoms with Gasteiger partial charge in [0.05, 0.1) is 24.5 Å². The van der Waals surface area contributed by atoms with Crippen LogP contribution in [0.2, 0.25) is 5.02 Å². The summed E-state index contributed by atoms with van der Waals surface area (Å²) in [6, 6.07) is 5.24. The zero-order chi connectivity index (χ0) is 16.1. The second-order valence-corrected chi connectivity index (χ2v) is 5.30. The molecule has 0 fully saturated rings. The average Bonchev–Trinajstić information content (AvgIpc) is 2.47. The normalized spacial score (nSPS) is 10.4. The molecule has 2 rings (SSSR count). The third-order valence-electron chi connectivity index (χ3n) is 2.73. The van der Waals surface area contributed by atoms with Gasteiger partial charge in [0.1, 0.15) is 17.3 Å². The Hall–Kier alpha value is -2.34. The minimum atomic E-state index is -0.357. The molecule has 0 atom stereocenters. The number of halogens is 1. The molecule has 7 heteroatoms. The Bertz CT molecular complexity index is 659. The maximum Gasteiger partial charge on any atom is 0.275 e. The molecule has 116 valence electrons. The molecule has 1 amide bonds. The Morgan fingerprint density at radius 3 is 2.59 bits per heavy atom. The number of hydrogen-bond donors (Lipinski definition) is 2. The van der Waals surface area contributed by atoms with E-state index in [4.69, 9.17) is 16.3 Å². The Kier molecular flexibility index (Phi) is 5.16. The topological polar surface area (TPSA) is 76.1 Å². The van der Waals surface area contributed by atoms with Crippen LogP contribution in [0.4, 0.5) is 11.5 Å². The number of rotatable bonds is 5. The van der Waals surface area contributed by atoms with E-state index in [0.29, 0.717) is 22.3 Å². The van der Waals surface area contributed by atoms with Gasteiger partial charge in [-0.2, -0.15) is 0 Å². The standard InChI is InChI=1S/C15H17ClN4O2/c1-9(2)19-14-8-17-12(7-18-14)15(21)20-10-4-5-13(22-3)11(16)6-10/h4-9H,1-3H3,(H,18,19)(H,20,21). The molecule has 2 aromatic rings. The van der Waals surface area contributed by atoms with E-state index in [1.807, 2.05) is 13.8 Å². The maximum atomic E-state index is 12.1. The molecule has 0 unspecified atom stereocenters. The van der Waals surface area contributed by atoms with Crippen molar-refractivity contribution in [2.45, 2.75) is 19.9 Å². The molecule has 0 aliphatic rings. The maximum absolute atomic E-state index is 12.1. The number of anilines is 2. The van der Waals surface area contributed by atoms with Gasteiger partial charge >= 0.3 is 0 Å². The molecule has 0 spiro atoms. The minimum Gasteiger partial charge on any atom is -0.495 e. The Labute approximate surface area is 133 Å². The number of nitrogens with zero attached hydrogens (tertiary/aromatic N) is 2. The Balaban J connectivity index is 2.07.